The number of benzene rings is 1. The van der Waals surface area contributed by atoms with Crippen LogP contribution in [-0.4, -0.2) is 45.1 Å². The average Bonchev–Trinajstić information content (AvgIpc) is 2.48. The Bertz CT molecular complexity index is 402. The number of aliphatic hydroxyl groups excluding tert-OH is 1. The number of rotatable bonds is 11. The van der Waals surface area contributed by atoms with Gasteiger partial charge in [-0.1, -0.05) is 19.4 Å². The topological polar surface area (TPSA) is 44.7 Å². The molecule has 1 aromatic carbocycles. The van der Waals surface area contributed by atoms with E-state index < -0.39 is 0 Å². The molecule has 5 heteroatoms. The lowest BCUT2D eigenvalue weighted by atomic mass is 10.1. The summed E-state index contributed by atoms with van der Waals surface area (Å²) in [7, 11) is 1.65. The molecule has 0 unspecified atom stereocenters. The predicted molar refractivity (Wildman–Crippen MR) is 84.2 cm³/mol. The summed E-state index contributed by atoms with van der Waals surface area (Å²) in [6.45, 7) is 5.36. The summed E-state index contributed by atoms with van der Waals surface area (Å²) in [4.78, 5) is 1.90. The Morgan fingerprint density at radius 1 is 1.33 bits per heavy atom. The molecule has 0 aliphatic carbocycles. The van der Waals surface area contributed by atoms with Crippen LogP contribution in [0, 0.1) is 5.82 Å². The fourth-order valence-corrected chi connectivity index (χ4v) is 2.15. The number of methoxy groups -OCH3 is 1. The Labute approximate surface area is 126 Å². The van der Waals surface area contributed by atoms with Crippen LogP contribution in [0.4, 0.5) is 10.1 Å². The zero-order valence-electron chi connectivity index (χ0n) is 13.1. The lowest BCUT2D eigenvalue weighted by Crippen LogP contribution is -2.28. The molecule has 1 aromatic rings. The van der Waals surface area contributed by atoms with Crippen molar-refractivity contribution in [2.24, 2.45) is 0 Å². The first-order valence-corrected chi connectivity index (χ1v) is 7.56. The summed E-state index contributed by atoms with van der Waals surface area (Å²) in [6.07, 6.45) is 2.03. The maximum Gasteiger partial charge on any atom is 0.146 e. The molecule has 2 N–H and O–H groups in total. The van der Waals surface area contributed by atoms with Crippen LogP contribution in [0.15, 0.2) is 18.2 Å². The van der Waals surface area contributed by atoms with Gasteiger partial charge < -0.3 is 20.1 Å². The first-order chi connectivity index (χ1) is 10.2. The highest BCUT2D eigenvalue weighted by atomic mass is 19.1. The molecule has 21 heavy (non-hydrogen) atoms. The van der Waals surface area contributed by atoms with E-state index in [1.807, 2.05) is 11.0 Å². The highest BCUT2D eigenvalue weighted by Crippen LogP contribution is 2.21. The molecule has 0 saturated carbocycles. The van der Waals surface area contributed by atoms with Gasteiger partial charge in [0.05, 0.1) is 18.9 Å². The normalized spacial score (nSPS) is 10.9. The lowest BCUT2D eigenvalue weighted by molar-refractivity contribution is 0.199. The van der Waals surface area contributed by atoms with Crippen molar-refractivity contribution in [1.82, 2.24) is 5.32 Å². The summed E-state index contributed by atoms with van der Waals surface area (Å²) in [5, 5.41) is 12.3. The molecule has 0 aliphatic heterocycles. The standard InChI is InChI=1S/C16H27FN2O2/c1-3-4-8-19(9-10-20)16-6-5-14(12-15(16)17)13-18-7-11-21-2/h5-6,12,18,20H,3-4,7-11,13H2,1-2H3. The number of nitrogens with zero attached hydrogens (tertiary/aromatic N) is 1. The quantitative estimate of drug-likeness (QED) is 0.615. The lowest BCUT2D eigenvalue weighted by Gasteiger charge is -2.24. The SMILES string of the molecule is CCCCN(CCO)c1ccc(CNCCOC)cc1F. The largest absolute Gasteiger partial charge is 0.395 e. The fourth-order valence-electron chi connectivity index (χ4n) is 2.15. The van der Waals surface area contributed by atoms with E-state index >= 15 is 0 Å². The van der Waals surface area contributed by atoms with E-state index in [9.17, 15) is 4.39 Å². The van der Waals surface area contributed by atoms with E-state index in [4.69, 9.17) is 9.84 Å². The predicted octanol–water partition coefficient (Wildman–Crippen LogP) is 2.16. The van der Waals surface area contributed by atoms with Gasteiger partial charge in [-0.25, -0.2) is 4.39 Å². The fraction of sp³-hybridized carbons (Fsp3) is 0.625. The molecule has 1 rings (SSSR count). The number of hydrogen-bond acceptors (Lipinski definition) is 4. The number of hydrogen-bond donors (Lipinski definition) is 2. The molecule has 0 atom stereocenters. The molecule has 4 nitrogen and oxygen atoms in total. The Kier molecular flexibility index (Phi) is 8.98. The molecule has 0 fully saturated rings. The van der Waals surface area contributed by atoms with Crippen molar-refractivity contribution in [3.05, 3.63) is 29.6 Å². The van der Waals surface area contributed by atoms with Crippen molar-refractivity contribution in [1.29, 1.82) is 0 Å². The van der Waals surface area contributed by atoms with Crippen molar-refractivity contribution < 1.29 is 14.2 Å². The van der Waals surface area contributed by atoms with Gasteiger partial charge in [0.1, 0.15) is 5.82 Å². The summed E-state index contributed by atoms with van der Waals surface area (Å²) in [6, 6.07) is 5.29. The highest BCUT2D eigenvalue weighted by molar-refractivity contribution is 5.49. The number of aliphatic hydroxyl groups is 1. The van der Waals surface area contributed by atoms with Crippen molar-refractivity contribution in [2.75, 3.05) is 44.9 Å². The van der Waals surface area contributed by atoms with Gasteiger partial charge in [0, 0.05) is 33.3 Å². The van der Waals surface area contributed by atoms with Gasteiger partial charge in [-0.05, 0) is 24.1 Å². The van der Waals surface area contributed by atoms with Crippen LogP contribution < -0.4 is 10.2 Å². The van der Waals surface area contributed by atoms with Gasteiger partial charge in [0.15, 0.2) is 0 Å². The molecule has 0 spiro atoms. The van der Waals surface area contributed by atoms with Crippen molar-refractivity contribution in [2.45, 2.75) is 26.3 Å². The summed E-state index contributed by atoms with van der Waals surface area (Å²) >= 11 is 0. The molecule has 0 aromatic heterocycles. The van der Waals surface area contributed by atoms with E-state index in [0.717, 1.165) is 31.5 Å². The summed E-state index contributed by atoms with van der Waals surface area (Å²) in [5.41, 5.74) is 1.48. The monoisotopic (exact) mass is 298 g/mol. The van der Waals surface area contributed by atoms with Crippen LogP contribution in [0.1, 0.15) is 25.3 Å². The molecule has 0 radical (unpaired) electrons. The molecule has 0 aliphatic rings. The number of halogens is 1. The van der Waals surface area contributed by atoms with Crippen LogP contribution in [0.25, 0.3) is 0 Å². The van der Waals surface area contributed by atoms with E-state index in [1.165, 1.54) is 0 Å². The van der Waals surface area contributed by atoms with Gasteiger partial charge in [0.2, 0.25) is 0 Å². The second-order valence-electron chi connectivity index (χ2n) is 5.02. The van der Waals surface area contributed by atoms with Crippen LogP contribution in [0.2, 0.25) is 0 Å². The van der Waals surface area contributed by atoms with E-state index in [2.05, 4.69) is 12.2 Å². The Morgan fingerprint density at radius 3 is 2.76 bits per heavy atom. The summed E-state index contributed by atoms with van der Waals surface area (Å²) in [5.74, 6) is -0.231. The minimum Gasteiger partial charge on any atom is -0.395 e. The van der Waals surface area contributed by atoms with Gasteiger partial charge in [-0.15, -0.1) is 0 Å². The van der Waals surface area contributed by atoms with Crippen molar-refractivity contribution in [3.63, 3.8) is 0 Å². The second kappa shape index (κ2) is 10.5. The number of unbranched alkanes of at least 4 members (excludes halogenated alkanes) is 1. The minimum absolute atomic E-state index is 0.0312. The second-order valence-corrected chi connectivity index (χ2v) is 5.02. The van der Waals surface area contributed by atoms with Gasteiger partial charge >= 0.3 is 0 Å². The van der Waals surface area contributed by atoms with Gasteiger partial charge in [0.25, 0.3) is 0 Å². The Morgan fingerprint density at radius 2 is 2.14 bits per heavy atom. The van der Waals surface area contributed by atoms with Crippen LogP contribution in [-0.2, 0) is 11.3 Å². The maximum absolute atomic E-state index is 14.3. The highest BCUT2D eigenvalue weighted by Gasteiger charge is 2.11. The molecule has 0 amide bonds. The Balaban J connectivity index is 2.65. The smallest absolute Gasteiger partial charge is 0.146 e. The van der Waals surface area contributed by atoms with E-state index in [-0.39, 0.29) is 12.4 Å². The van der Waals surface area contributed by atoms with E-state index in [1.54, 1.807) is 19.2 Å². The third-order valence-corrected chi connectivity index (χ3v) is 3.32. The Hall–Kier alpha value is -1.17. The first-order valence-electron chi connectivity index (χ1n) is 7.56. The zero-order chi connectivity index (χ0) is 15.5. The van der Waals surface area contributed by atoms with Crippen LogP contribution >= 0.6 is 0 Å². The molecule has 120 valence electrons. The van der Waals surface area contributed by atoms with Crippen LogP contribution in [0.3, 0.4) is 0 Å². The van der Waals surface area contributed by atoms with Gasteiger partial charge in [-0.2, -0.15) is 0 Å². The molecule has 0 bridgehead atoms. The van der Waals surface area contributed by atoms with Crippen LogP contribution in [0.5, 0.6) is 0 Å². The van der Waals surface area contributed by atoms with E-state index in [0.29, 0.717) is 25.4 Å². The number of nitrogens with one attached hydrogen (secondary N) is 1. The van der Waals surface area contributed by atoms with Crippen molar-refractivity contribution in [3.8, 4) is 0 Å². The average molecular weight is 298 g/mol. The van der Waals surface area contributed by atoms with Gasteiger partial charge in [-0.3, -0.25) is 0 Å². The maximum atomic E-state index is 14.3. The number of anilines is 1. The molecular formula is C16H27FN2O2. The molecule has 0 heterocycles. The molecular weight excluding hydrogens is 271 g/mol. The third kappa shape index (κ3) is 6.42. The number of ether oxygens (including phenoxy) is 1. The zero-order valence-corrected chi connectivity index (χ0v) is 13.1. The summed E-state index contributed by atoms with van der Waals surface area (Å²) < 4.78 is 19.2. The van der Waals surface area contributed by atoms with Crippen molar-refractivity contribution >= 4 is 5.69 Å². The third-order valence-electron chi connectivity index (χ3n) is 3.32. The molecule has 0 saturated heterocycles. The minimum atomic E-state index is -0.231. The first kappa shape index (κ1) is 17.9.